The summed E-state index contributed by atoms with van der Waals surface area (Å²) >= 11 is 0. The molecule has 2 amide bonds. The number of aliphatic hydroxyl groups excluding tert-OH is 1. The van der Waals surface area contributed by atoms with Crippen LogP contribution < -0.4 is 10.0 Å². The van der Waals surface area contributed by atoms with Crippen molar-refractivity contribution in [2.75, 3.05) is 19.3 Å². The van der Waals surface area contributed by atoms with Gasteiger partial charge in [0.25, 0.3) is 0 Å². The standard InChI is InChI=1S/C11H21N3O6S/c1-11(2,13-21(3,19)20)6-12-10(18)14-5-7(15)4-8(14)9(16)17/h7-8,13,15H,4-6H2,1-3H3,(H,12,18)(H,16,17)/t7-,8-/m0/s1. The predicted molar refractivity (Wildman–Crippen MR) is 74.2 cm³/mol. The van der Waals surface area contributed by atoms with Crippen molar-refractivity contribution in [2.45, 2.75) is 38.0 Å². The molecular formula is C11H21N3O6S. The number of amides is 2. The number of urea groups is 1. The molecule has 0 aliphatic carbocycles. The van der Waals surface area contributed by atoms with E-state index in [1.165, 1.54) is 0 Å². The first-order valence-corrected chi connectivity index (χ1v) is 8.25. The number of rotatable bonds is 5. The highest BCUT2D eigenvalue weighted by Gasteiger charge is 2.39. The van der Waals surface area contributed by atoms with E-state index in [1.807, 2.05) is 0 Å². The minimum atomic E-state index is -3.43. The summed E-state index contributed by atoms with van der Waals surface area (Å²) in [5.74, 6) is -1.18. The summed E-state index contributed by atoms with van der Waals surface area (Å²) in [5.41, 5.74) is -0.916. The number of sulfonamides is 1. The molecule has 1 heterocycles. The summed E-state index contributed by atoms with van der Waals surface area (Å²) in [6, 6.07) is -1.73. The maximum Gasteiger partial charge on any atom is 0.326 e. The maximum atomic E-state index is 12.0. The molecule has 0 saturated carbocycles. The zero-order valence-electron chi connectivity index (χ0n) is 12.2. The average Bonchev–Trinajstić information content (AvgIpc) is 2.65. The van der Waals surface area contributed by atoms with Crippen molar-refractivity contribution in [2.24, 2.45) is 0 Å². The molecule has 21 heavy (non-hydrogen) atoms. The van der Waals surface area contributed by atoms with Crippen LogP contribution in [0, 0.1) is 0 Å². The van der Waals surface area contributed by atoms with Gasteiger partial charge in [0.1, 0.15) is 6.04 Å². The number of carboxylic acids is 1. The lowest BCUT2D eigenvalue weighted by Gasteiger charge is -2.28. The van der Waals surface area contributed by atoms with Crippen LogP contribution in [0.25, 0.3) is 0 Å². The van der Waals surface area contributed by atoms with Gasteiger partial charge in [0.05, 0.1) is 12.4 Å². The van der Waals surface area contributed by atoms with Crippen LogP contribution in [-0.2, 0) is 14.8 Å². The molecule has 1 saturated heterocycles. The highest BCUT2D eigenvalue weighted by molar-refractivity contribution is 7.88. The minimum absolute atomic E-state index is 0.0160. The summed E-state index contributed by atoms with van der Waals surface area (Å²) in [5, 5.41) is 21.0. The van der Waals surface area contributed by atoms with Crippen LogP contribution in [0.3, 0.4) is 0 Å². The Balaban J connectivity index is 2.63. The van der Waals surface area contributed by atoms with Crippen molar-refractivity contribution < 1.29 is 28.2 Å². The topological polar surface area (TPSA) is 136 Å². The monoisotopic (exact) mass is 323 g/mol. The number of β-amino-alcohol motifs (C(OH)–C–C–N with tert-alkyl or cyclic N) is 1. The normalized spacial score (nSPS) is 23.1. The van der Waals surface area contributed by atoms with E-state index in [1.54, 1.807) is 13.8 Å². The van der Waals surface area contributed by atoms with Gasteiger partial charge in [-0.1, -0.05) is 0 Å². The van der Waals surface area contributed by atoms with E-state index < -0.39 is 39.7 Å². The molecule has 1 rings (SSSR count). The lowest BCUT2D eigenvalue weighted by atomic mass is 10.1. The Morgan fingerprint density at radius 1 is 1.38 bits per heavy atom. The van der Waals surface area contributed by atoms with E-state index in [4.69, 9.17) is 5.11 Å². The molecule has 10 heteroatoms. The summed E-state index contributed by atoms with van der Waals surface area (Å²) in [4.78, 5) is 24.0. The number of nitrogens with one attached hydrogen (secondary N) is 2. The van der Waals surface area contributed by atoms with Crippen LogP contribution in [-0.4, -0.2) is 72.6 Å². The third kappa shape index (κ3) is 5.48. The third-order valence-electron chi connectivity index (χ3n) is 2.97. The lowest BCUT2D eigenvalue weighted by Crippen LogP contribution is -2.54. The molecule has 0 unspecified atom stereocenters. The van der Waals surface area contributed by atoms with Gasteiger partial charge in [-0.25, -0.2) is 22.7 Å². The fourth-order valence-corrected chi connectivity index (χ4v) is 3.28. The van der Waals surface area contributed by atoms with Gasteiger partial charge in [0, 0.05) is 25.0 Å². The second-order valence-electron chi connectivity index (χ2n) is 5.81. The van der Waals surface area contributed by atoms with Gasteiger partial charge in [0.2, 0.25) is 10.0 Å². The van der Waals surface area contributed by atoms with Crippen molar-refractivity contribution in [1.29, 1.82) is 0 Å². The molecule has 0 aromatic carbocycles. The summed E-state index contributed by atoms with van der Waals surface area (Å²) in [6.07, 6.45) is 0.112. The van der Waals surface area contributed by atoms with Crippen molar-refractivity contribution >= 4 is 22.0 Å². The molecule has 1 fully saturated rings. The molecule has 1 aliphatic rings. The zero-order chi connectivity index (χ0) is 16.4. The van der Waals surface area contributed by atoms with Crippen LogP contribution in [0.15, 0.2) is 0 Å². The average molecular weight is 323 g/mol. The number of aliphatic carboxylic acids is 1. The van der Waals surface area contributed by atoms with Gasteiger partial charge in [-0.15, -0.1) is 0 Å². The molecule has 1 aliphatic heterocycles. The number of nitrogens with zero attached hydrogens (tertiary/aromatic N) is 1. The minimum Gasteiger partial charge on any atom is -0.480 e. The first-order valence-electron chi connectivity index (χ1n) is 6.35. The molecule has 122 valence electrons. The van der Waals surface area contributed by atoms with Crippen LogP contribution in [0.5, 0.6) is 0 Å². The number of carbonyl (C=O) groups is 2. The Bertz CT molecular complexity index is 518. The molecule has 0 aromatic rings. The lowest BCUT2D eigenvalue weighted by molar-refractivity contribution is -0.141. The number of likely N-dealkylation sites (tertiary alicyclic amines) is 1. The number of carbonyl (C=O) groups excluding carboxylic acids is 1. The largest absolute Gasteiger partial charge is 0.480 e. The van der Waals surface area contributed by atoms with Gasteiger partial charge in [-0.2, -0.15) is 0 Å². The molecule has 0 spiro atoms. The van der Waals surface area contributed by atoms with Gasteiger partial charge >= 0.3 is 12.0 Å². The van der Waals surface area contributed by atoms with Gasteiger partial charge < -0.3 is 20.4 Å². The van der Waals surface area contributed by atoms with Gasteiger partial charge in [-0.3, -0.25) is 0 Å². The number of hydrogen-bond donors (Lipinski definition) is 4. The summed E-state index contributed by atoms with van der Waals surface area (Å²) in [7, 11) is -3.43. The van der Waals surface area contributed by atoms with E-state index in [0.29, 0.717) is 0 Å². The van der Waals surface area contributed by atoms with Gasteiger partial charge in [0.15, 0.2) is 0 Å². The molecule has 4 N–H and O–H groups in total. The Labute approximate surface area is 123 Å². The van der Waals surface area contributed by atoms with Crippen LogP contribution >= 0.6 is 0 Å². The van der Waals surface area contributed by atoms with E-state index in [-0.39, 0.29) is 19.5 Å². The molecule has 2 atom stereocenters. The van der Waals surface area contributed by atoms with E-state index >= 15 is 0 Å². The number of aliphatic hydroxyl groups is 1. The van der Waals surface area contributed by atoms with E-state index in [9.17, 15) is 23.1 Å². The van der Waals surface area contributed by atoms with Crippen LogP contribution in [0.1, 0.15) is 20.3 Å². The molecule has 0 bridgehead atoms. The first-order chi connectivity index (χ1) is 9.41. The number of carboxylic acid groups (broad SMARTS) is 1. The Morgan fingerprint density at radius 2 is 1.95 bits per heavy atom. The predicted octanol–water partition coefficient (Wildman–Crippen LogP) is -1.46. The van der Waals surface area contributed by atoms with Crippen molar-refractivity contribution in [3.8, 4) is 0 Å². The van der Waals surface area contributed by atoms with E-state index in [2.05, 4.69) is 10.0 Å². The fraction of sp³-hybridized carbons (Fsp3) is 0.818. The second kappa shape index (κ2) is 6.16. The third-order valence-corrected chi connectivity index (χ3v) is 3.89. The fourth-order valence-electron chi connectivity index (χ4n) is 2.21. The highest BCUT2D eigenvalue weighted by Crippen LogP contribution is 2.18. The Kier molecular flexibility index (Phi) is 5.18. The highest BCUT2D eigenvalue weighted by atomic mass is 32.2. The zero-order valence-corrected chi connectivity index (χ0v) is 13.0. The summed E-state index contributed by atoms with van der Waals surface area (Å²) < 4.78 is 24.7. The van der Waals surface area contributed by atoms with Crippen LogP contribution in [0.4, 0.5) is 4.79 Å². The van der Waals surface area contributed by atoms with E-state index in [0.717, 1.165) is 11.2 Å². The van der Waals surface area contributed by atoms with Crippen molar-refractivity contribution in [1.82, 2.24) is 14.9 Å². The van der Waals surface area contributed by atoms with Gasteiger partial charge in [-0.05, 0) is 13.8 Å². The van der Waals surface area contributed by atoms with Crippen molar-refractivity contribution in [3.63, 3.8) is 0 Å². The summed E-state index contributed by atoms with van der Waals surface area (Å²) in [6.45, 7) is 3.09. The molecule has 0 aromatic heterocycles. The second-order valence-corrected chi connectivity index (χ2v) is 7.56. The smallest absolute Gasteiger partial charge is 0.326 e. The first kappa shape index (κ1) is 17.7. The van der Waals surface area contributed by atoms with Crippen LogP contribution in [0.2, 0.25) is 0 Å². The quantitative estimate of drug-likeness (QED) is 0.488. The molecule has 0 radical (unpaired) electrons. The molecular weight excluding hydrogens is 302 g/mol. The Morgan fingerprint density at radius 3 is 2.43 bits per heavy atom. The Hall–Kier alpha value is -1.39. The van der Waals surface area contributed by atoms with Crippen molar-refractivity contribution in [3.05, 3.63) is 0 Å². The number of hydrogen-bond acceptors (Lipinski definition) is 5. The molecule has 9 nitrogen and oxygen atoms in total. The SMILES string of the molecule is CC(C)(CNC(=O)N1C[C@@H](O)C[C@H]1C(=O)O)NS(C)(=O)=O. The maximum absolute atomic E-state index is 12.0.